The molecule has 1 fully saturated rings. The van der Waals surface area contributed by atoms with Crippen LogP contribution in [0.1, 0.15) is 36.5 Å². The van der Waals surface area contributed by atoms with E-state index in [0.29, 0.717) is 23.5 Å². The molecule has 0 aliphatic carbocycles. The van der Waals surface area contributed by atoms with Crippen molar-refractivity contribution in [3.63, 3.8) is 0 Å². The lowest BCUT2D eigenvalue weighted by Gasteiger charge is -2.19. The number of carboxylic acid groups (broad SMARTS) is 1. The maximum absolute atomic E-state index is 12.2. The van der Waals surface area contributed by atoms with Crippen LogP contribution >= 0.6 is 11.8 Å². The summed E-state index contributed by atoms with van der Waals surface area (Å²) < 4.78 is 16.6. The van der Waals surface area contributed by atoms with E-state index in [1.165, 1.54) is 0 Å². The van der Waals surface area contributed by atoms with Gasteiger partial charge in [-0.25, -0.2) is 0 Å². The zero-order valence-electron chi connectivity index (χ0n) is 18.5. The summed E-state index contributed by atoms with van der Waals surface area (Å²) in [5, 5.41) is 10.2. The van der Waals surface area contributed by atoms with E-state index < -0.39 is 23.3 Å². The van der Waals surface area contributed by atoms with Gasteiger partial charge in [0, 0.05) is 12.8 Å². The number of methoxy groups -OCH3 is 1. The Bertz CT molecular complexity index is 1020. The molecule has 0 saturated carbocycles. The Hall–Kier alpha value is -3.53. The number of ether oxygens (including phenoxy) is 3. The Balaban J connectivity index is 1.60. The van der Waals surface area contributed by atoms with E-state index in [9.17, 15) is 19.2 Å². The second-order valence-electron chi connectivity index (χ2n) is 7.54. The lowest BCUT2D eigenvalue weighted by Crippen LogP contribution is -2.25. The molecule has 10 heteroatoms. The number of nitrogens with one attached hydrogen (secondary N) is 1. The van der Waals surface area contributed by atoms with Crippen LogP contribution in [0.4, 0.5) is 4.79 Å². The maximum atomic E-state index is 12.2. The number of amides is 2. The molecule has 2 atom stereocenters. The van der Waals surface area contributed by atoms with Crippen molar-refractivity contribution in [2.75, 3.05) is 13.7 Å². The van der Waals surface area contributed by atoms with Crippen molar-refractivity contribution in [3.8, 4) is 11.5 Å². The number of carbonyl (C=O) groups excluding carboxylic acids is 3. The number of aliphatic carboxylic acids is 1. The Morgan fingerprint density at radius 3 is 2.29 bits per heavy atom. The van der Waals surface area contributed by atoms with E-state index >= 15 is 0 Å². The number of carbonyl (C=O) groups is 4. The lowest BCUT2D eigenvalue weighted by atomic mass is 10.1. The quantitative estimate of drug-likeness (QED) is 0.432. The molecule has 1 saturated heterocycles. The van der Waals surface area contributed by atoms with E-state index in [0.717, 1.165) is 17.3 Å². The number of benzene rings is 2. The van der Waals surface area contributed by atoms with Crippen LogP contribution in [0.2, 0.25) is 0 Å². The highest BCUT2D eigenvalue weighted by atomic mass is 32.2. The maximum Gasteiger partial charge on any atom is 0.306 e. The first-order chi connectivity index (χ1) is 16.3. The van der Waals surface area contributed by atoms with Crippen LogP contribution in [0.5, 0.6) is 11.5 Å². The van der Waals surface area contributed by atoms with Gasteiger partial charge in [0.05, 0.1) is 12.4 Å². The number of thioether (sulfide) groups is 1. The highest BCUT2D eigenvalue weighted by Gasteiger charge is 2.31. The second kappa shape index (κ2) is 12.1. The molecular formula is C24H25NO8S. The molecule has 2 aromatic rings. The van der Waals surface area contributed by atoms with Crippen LogP contribution in [-0.2, 0) is 25.5 Å². The molecule has 0 aromatic heterocycles. The molecule has 1 aliphatic rings. The highest BCUT2D eigenvalue weighted by Crippen LogP contribution is 2.26. The monoisotopic (exact) mass is 487 g/mol. The summed E-state index contributed by atoms with van der Waals surface area (Å²) in [6.45, 7) is 0.0474. The standard InChI is InChI=1S/C24H25NO8S/c1-31-17-11-7-16(8-12-17)19(33-22(28)4-2-3-21(26)27)14-32-18-9-5-15(6-10-18)13-20-23(29)25-24(30)34-20/h5-12,19-20H,2-4,13-14H2,1H3,(H,26,27)(H,25,29,30)/t19-,20?/m1/s1. The summed E-state index contributed by atoms with van der Waals surface area (Å²) in [4.78, 5) is 46.0. The van der Waals surface area contributed by atoms with Crippen LogP contribution in [-0.4, -0.2) is 47.2 Å². The van der Waals surface area contributed by atoms with Gasteiger partial charge >= 0.3 is 11.9 Å². The van der Waals surface area contributed by atoms with Crippen LogP contribution in [0.3, 0.4) is 0 Å². The van der Waals surface area contributed by atoms with Crippen molar-refractivity contribution in [1.82, 2.24) is 5.32 Å². The molecule has 34 heavy (non-hydrogen) atoms. The molecule has 2 amide bonds. The fourth-order valence-corrected chi connectivity index (χ4v) is 4.11. The van der Waals surface area contributed by atoms with Crippen molar-refractivity contribution in [1.29, 1.82) is 0 Å². The highest BCUT2D eigenvalue weighted by molar-refractivity contribution is 8.15. The number of hydrogen-bond donors (Lipinski definition) is 2. The van der Waals surface area contributed by atoms with Crippen molar-refractivity contribution < 1.29 is 38.5 Å². The molecule has 1 heterocycles. The van der Waals surface area contributed by atoms with E-state index in [1.807, 2.05) is 12.1 Å². The van der Waals surface area contributed by atoms with Gasteiger partial charge in [-0.05, 0) is 48.2 Å². The first-order valence-corrected chi connectivity index (χ1v) is 11.5. The van der Waals surface area contributed by atoms with Gasteiger partial charge < -0.3 is 19.3 Å². The summed E-state index contributed by atoms with van der Waals surface area (Å²) in [6, 6.07) is 14.1. The SMILES string of the molecule is COc1ccc([C@@H](COc2ccc(CC3SC(=O)NC3=O)cc2)OC(=O)CCCC(=O)O)cc1. The minimum atomic E-state index is -0.968. The van der Waals surface area contributed by atoms with Crippen LogP contribution in [0.25, 0.3) is 0 Å². The predicted octanol–water partition coefficient (Wildman–Crippen LogP) is 3.51. The number of hydrogen-bond acceptors (Lipinski definition) is 8. The fraction of sp³-hybridized carbons (Fsp3) is 0.333. The summed E-state index contributed by atoms with van der Waals surface area (Å²) in [7, 11) is 1.55. The van der Waals surface area contributed by atoms with Gasteiger partial charge in [-0.1, -0.05) is 36.0 Å². The van der Waals surface area contributed by atoms with E-state index in [-0.39, 0.29) is 37.0 Å². The predicted molar refractivity (Wildman–Crippen MR) is 124 cm³/mol. The van der Waals surface area contributed by atoms with Gasteiger partial charge in [0.15, 0.2) is 6.10 Å². The zero-order valence-corrected chi connectivity index (χ0v) is 19.3. The Morgan fingerprint density at radius 1 is 1.03 bits per heavy atom. The first kappa shape index (κ1) is 25.1. The van der Waals surface area contributed by atoms with E-state index in [2.05, 4.69) is 5.32 Å². The number of carboxylic acids is 1. The Labute approximate surface area is 200 Å². The second-order valence-corrected chi connectivity index (χ2v) is 8.72. The molecule has 180 valence electrons. The summed E-state index contributed by atoms with van der Waals surface area (Å²) in [5.41, 5.74) is 1.59. The smallest absolute Gasteiger partial charge is 0.306 e. The number of rotatable bonds is 12. The third kappa shape index (κ3) is 7.51. The van der Waals surface area contributed by atoms with Crippen molar-refractivity contribution in [2.24, 2.45) is 0 Å². The van der Waals surface area contributed by atoms with Crippen LogP contribution < -0.4 is 14.8 Å². The Kier molecular flexibility index (Phi) is 8.92. The van der Waals surface area contributed by atoms with Gasteiger partial charge in [0.25, 0.3) is 5.24 Å². The third-order valence-electron chi connectivity index (χ3n) is 5.05. The molecule has 2 N–H and O–H groups in total. The van der Waals surface area contributed by atoms with E-state index in [4.69, 9.17) is 19.3 Å². The van der Waals surface area contributed by atoms with Gasteiger partial charge in [-0.15, -0.1) is 0 Å². The largest absolute Gasteiger partial charge is 0.497 e. The molecule has 3 rings (SSSR count). The number of esters is 1. The molecule has 2 aromatic carbocycles. The lowest BCUT2D eigenvalue weighted by molar-refractivity contribution is -0.151. The topological polar surface area (TPSA) is 128 Å². The van der Waals surface area contributed by atoms with E-state index in [1.54, 1.807) is 43.5 Å². The van der Waals surface area contributed by atoms with Gasteiger partial charge in [-0.2, -0.15) is 0 Å². The molecule has 9 nitrogen and oxygen atoms in total. The van der Waals surface area contributed by atoms with Crippen molar-refractivity contribution in [2.45, 2.75) is 37.0 Å². The molecular weight excluding hydrogens is 462 g/mol. The summed E-state index contributed by atoms with van der Waals surface area (Å²) >= 11 is 0.979. The van der Waals surface area contributed by atoms with Gasteiger partial charge in [0.1, 0.15) is 18.1 Å². The minimum Gasteiger partial charge on any atom is -0.497 e. The van der Waals surface area contributed by atoms with Gasteiger partial charge in [-0.3, -0.25) is 24.5 Å². The third-order valence-corrected chi connectivity index (χ3v) is 6.03. The summed E-state index contributed by atoms with van der Waals surface area (Å²) in [5.74, 6) is -0.567. The number of imide groups is 1. The van der Waals surface area contributed by atoms with Crippen molar-refractivity contribution >= 4 is 34.8 Å². The zero-order chi connectivity index (χ0) is 24.5. The van der Waals surface area contributed by atoms with Crippen LogP contribution in [0.15, 0.2) is 48.5 Å². The summed E-state index contributed by atoms with van der Waals surface area (Å²) in [6.07, 6.45) is -0.212. The fourth-order valence-electron chi connectivity index (χ4n) is 3.25. The first-order valence-electron chi connectivity index (χ1n) is 10.6. The van der Waals surface area contributed by atoms with Gasteiger partial charge in [0.2, 0.25) is 5.91 Å². The normalized spacial score (nSPS) is 16.0. The van der Waals surface area contributed by atoms with Crippen molar-refractivity contribution in [3.05, 3.63) is 59.7 Å². The molecule has 0 bridgehead atoms. The Morgan fingerprint density at radius 2 is 1.71 bits per heavy atom. The average Bonchev–Trinajstić information content (AvgIpc) is 3.13. The molecule has 1 aliphatic heterocycles. The minimum absolute atomic E-state index is 0.0110. The average molecular weight is 488 g/mol. The van der Waals surface area contributed by atoms with Crippen LogP contribution in [0, 0.1) is 0 Å². The molecule has 0 radical (unpaired) electrons. The molecule has 1 unspecified atom stereocenters. The molecule has 0 spiro atoms.